The number of nitrogens with zero attached hydrogens (tertiary/aromatic N) is 7. The zero-order chi connectivity index (χ0) is 24.2. The molecule has 2 aromatic heterocycles. The number of rotatable bonds is 7. The van der Waals surface area contributed by atoms with Crippen molar-refractivity contribution in [2.24, 2.45) is 5.10 Å². The molecule has 4 N–H and O–H groups in total. The number of hydrogen-bond donors (Lipinski definition) is 3. The van der Waals surface area contributed by atoms with Gasteiger partial charge in [-0.1, -0.05) is 11.3 Å². The SMILES string of the molecule is COc1cccc(/C=N\NC(=O)c2nnn(-c3nonc3N)c2-c2ccc([N+](=O)[O-])cc2)c1O. The number of para-hydroxylation sites is 1. The molecule has 0 bridgehead atoms. The lowest BCUT2D eigenvalue weighted by atomic mass is 10.1. The van der Waals surface area contributed by atoms with Crippen molar-refractivity contribution in [3.63, 3.8) is 0 Å². The molecule has 0 unspecified atom stereocenters. The fraction of sp³-hybridized carbons (Fsp3) is 0.0526. The number of amides is 1. The number of anilines is 1. The van der Waals surface area contributed by atoms with Gasteiger partial charge in [0, 0.05) is 23.3 Å². The fourth-order valence-corrected chi connectivity index (χ4v) is 2.94. The smallest absolute Gasteiger partial charge is 0.294 e. The Morgan fingerprint density at radius 3 is 2.71 bits per heavy atom. The van der Waals surface area contributed by atoms with Gasteiger partial charge in [-0.05, 0) is 34.6 Å². The second-order valence-electron chi connectivity index (χ2n) is 6.57. The zero-order valence-corrected chi connectivity index (χ0v) is 17.3. The number of hydrogen-bond acceptors (Lipinski definition) is 12. The van der Waals surface area contributed by atoms with Gasteiger partial charge < -0.3 is 15.6 Å². The number of nitrogen functional groups attached to an aromatic ring is 1. The van der Waals surface area contributed by atoms with Gasteiger partial charge in [-0.2, -0.15) is 9.78 Å². The van der Waals surface area contributed by atoms with Crippen molar-refractivity contribution in [3.8, 4) is 28.6 Å². The summed E-state index contributed by atoms with van der Waals surface area (Å²) >= 11 is 0. The predicted molar refractivity (Wildman–Crippen MR) is 115 cm³/mol. The number of carbonyl (C=O) groups excluding carboxylic acids is 1. The van der Waals surface area contributed by atoms with Gasteiger partial charge in [-0.15, -0.1) is 5.10 Å². The van der Waals surface area contributed by atoms with Gasteiger partial charge in [0.25, 0.3) is 11.6 Å². The number of non-ortho nitro benzene ring substituents is 1. The highest BCUT2D eigenvalue weighted by atomic mass is 16.6. The van der Waals surface area contributed by atoms with Crippen molar-refractivity contribution in [1.29, 1.82) is 0 Å². The molecule has 2 heterocycles. The van der Waals surface area contributed by atoms with E-state index in [4.69, 9.17) is 10.5 Å². The summed E-state index contributed by atoms with van der Waals surface area (Å²) in [4.78, 5) is 23.3. The maximum absolute atomic E-state index is 12.9. The van der Waals surface area contributed by atoms with E-state index in [-0.39, 0.29) is 40.2 Å². The van der Waals surface area contributed by atoms with E-state index in [1.54, 1.807) is 18.2 Å². The Hall–Kier alpha value is -5.34. The molecule has 0 spiro atoms. The third-order valence-corrected chi connectivity index (χ3v) is 4.55. The topological polar surface area (TPSA) is 210 Å². The van der Waals surface area contributed by atoms with Gasteiger partial charge in [-0.25, -0.2) is 10.1 Å². The lowest BCUT2D eigenvalue weighted by Crippen LogP contribution is -2.19. The number of nitro benzene ring substituents is 1. The number of aromatic hydroxyl groups is 1. The van der Waals surface area contributed by atoms with Crippen LogP contribution in [0, 0.1) is 10.1 Å². The minimum Gasteiger partial charge on any atom is -0.504 e. The van der Waals surface area contributed by atoms with Crippen LogP contribution in [0.2, 0.25) is 0 Å². The third-order valence-electron chi connectivity index (χ3n) is 4.55. The van der Waals surface area contributed by atoms with Crippen LogP contribution in [0.25, 0.3) is 17.1 Å². The molecule has 0 fully saturated rings. The molecule has 34 heavy (non-hydrogen) atoms. The average Bonchev–Trinajstić information content (AvgIpc) is 3.46. The molecule has 0 radical (unpaired) electrons. The molecule has 172 valence electrons. The van der Waals surface area contributed by atoms with Crippen LogP contribution in [0.15, 0.2) is 52.2 Å². The minimum absolute atomic E-state index is 0.0373. The molecule has 2 aromatic carbocycles. The summed E-state index contributed by atoms with van der Waals surface area (Å²) in [6.07, 6.45) is 1.21. The number of benzene rings is 2. The molecule has 0 aliphatic carbocycles. The van der Waals surface area contributed by atoms with Gasteiger partial charge in [0.1, 0.15) is 5.69 Å². The number of phenolic OH excluding ortho intramolecular Hbond substituents is 1. The Bertz CT molecular complexity index is 1390. The summed E-state index contributed by atoms with van der Waals surface area (Å²) in [5.74, 6) is -0.850. The Labute approximate surface area is 189 Å². The maximum atomic E-state index is 12.9. The molecule has 4 rings (SSSR count). The maximum Gasteiger partial charge on any atom is 0.294 e. The predicted octanol–water partition coefficient (Wildman–Crippen LogP) is 1.29. The minimum atomic E-state index is -0.770. The molecular formula is C19H15N9O6. The van der Waals surface area contributed by atoms with E-state index in [1.807, 2.05) is 0 Å². The van der Waals surface area contributed by atoms with Gasteiger partial charge >= 0.3 is 0 Å². The molecule has 0 saturated heterocycles. The summed E-state index contributed by atoms with van der Waals surface area (Å²) in [5, 5.41) is 39.9. The van der Waals surface area contributed by atoms with Crippen LogP contribution in [0.1, 0.15) is 16.1 Å². The largest absolute Gasteiger partial charge is 0.504 e. The molecule has 1 amide bonds. The molecule has 0 atom stereocenters. The van der Waals surface area contributed by atoms with Gasteiger partial charge in [-0.3, -0.25) is 14.9 Å². The first-order valence-electron chi connectivity index (χ1n) is 9.39. The summed E-state index contributed by atoms with van der Waals surface area (Å²) in [6.45, 7) is 0. The number of hydrazone groups is 1. The average molecular weight is 465 g/mol. The summed E-state index contributed by atoms with van der Waals surface area (Å²) in [7, 11) is 1.40. The Morgan fingerprint density at radius 1 is 1.29 bits per heavy atom. The van der Waals surface area contributed by atoms with Gasteiger partial charge in [0.2, 0.25) is 11.6 Å². The molecule has 4 aromatic rings. The van der Waals surface area contributed by atoms with Crippen molar-refractivity contribution < 1.29 is 24.2 Å². The fourth-order valence-electron chi connectivity index (χ4n) is 2.94. The first-order valence-corrected chi connectivity index (χ1v) is 9.39. The van der Waals surface area contributed by atoms with Crippen LogP contribution in [0.5, 0.6) is 11.5 Å². The second kappa shape index (κ2) is 9.03. The molecular weight excluding hydrogens is 450 g/mol. The van der Waals surface area contributed by atoms with E-state index in [2.05, 4.69) is 35.8 Å². The molecule has 0 aliphatic heterocycles. The summed E-state index contributed by atoms with van der Waals surface area (Å²) in [5.41, 5.74) is 8.43. The number of methoxy groups -OCH3 is 1. The number of nitrogens with one attached hydrogen (secondary N) is 1. The van der Waals surface area contributed by atoms with Crippen LogP contribution >= 0.6 is 0 Å². The van der Waals surface area contributed by atoms with Crippen molar-refractivity contribution in [3.05, 3.63) is 63.8 Å². The highest BCUT2D eigenvalue weighted by Gasteiger charge is 2.25. The van der Waals surface area contributed by atoms with E-state index >= 15 is 0 Å². The van der Waals surface area contributed by atoms with Crippen LogP contribution < -0.4 is 15.9 Å². The lowest BCUT2D eigenvalue weighted by Gasteiger charge is -2.06. The number of phenols is 1. The van der Waals surface area contributed by atoms with E-state index in [9.17, 15) is 20.0 Å². The van der Waals surface area contributed by atoms with Crippen LogP contribution in [-0.4, -0.2) is 54.6 Å². The quantitative estimate of drug-likeness (QED) is 0.201. The molecule has 0 saturated carbocycles. The third kappa shape index (κ3) is 4.07. The Morgan fingerprint density at radius 2 is 2.06 bits per heavy atom. The number of ether oxygens (including phenoxy) is 1. The van der Waals surface area contributed by atoms with Gasteiger partial charge in [0.05, 0.1) is 18.2 Å². The van der Waals surface area contributed by atoms with E-state index in [1.165, 1.54) is 37.6 Å². The number of carbonyl (C=O) groups is 1. The lowest BCUT2D eigenvalue weighted by molar-refractivity contribution is -0.384. The summed E-state index contributed by atoms with van der Waals surface area (Å²) in [6, 6.07) is 10.1. The van der Waals surface area contributed by atoms with Crippen LogP contribution in [0.3, 0.4) is 0 Å². The number of aromatic nitrogens is 5. The highest BCUT2D eigenvalue weighted by molar-refractivity contribution is 5.99. The van der Waals surface area contributed by atoms with Crippen molar-refractivity contribution >= 4 is 23.6 Å². The number of nitrogens with two attached hydrogens (primary N) is 1. The van der Waals surface area contributed by atoms with Crippen molar-refractivity contribution in [2.45, 2.75) is 0 Å². The van der Waals surface area contributed by atoms with Crippen LogP contribution in [-0.2, 0) is 0 Å². The standard InChI is InChI=1S/C19H15N9O6/c1-33-13-4-2-3-11(16(13)29)9-21-23-19(30)14-15(10-5-7-12(8-6-10)28(31)32)27(26-22-14)18-17(20)24-34-25-18/h2-9,29H,1H3,(H2,20,24)(H,23,30)/b21-9-. The van der Waals surface area contributed by atoms with E-state index < -0.39 is 10.8 Å². The molecule has 15 heteroatoms. The van der Waals surface area contributed by atoms with Crippen molar-refractivity contribution in [2.75, 3.05) is 12.8 Å². The number of nitro groups is 1. The Kier molecular flexibility index (Phi) is 5.81. The van der Waals surface area contributed by atoms with Gasteiger partial charge in [0.15, 0.2) is 17.2 Å². The van der Waals surface area contributed by atoms with Crippen LogP contribution in [0.4, 0.5) is 11.5 Å². The summed E-state index contributed by atoms with van der Waals surface area (Å²) < 4.78 is 10.7. The normalized spacial score (nSPS) is 11.0. The highest BCUT2D eigenvalue weighted by Crippen LogP contribution is 2.29. The van der Waals surface area contributed by atoms with E-state index in [0.717, 1.165) is 4.68 Å². The molecule has 0 aliphatic rings. The monoisotopic (exact) mass is 465 g/mol. The molecule has 15 nitrogen and oxygen atoms in total. The first-order chi connectivity index (χ1) is 16.4. The second-order valence-corrected chi connectivity index (χ2v) is 6.57. The zero-order valence-electron chi connectivity index (χ0n) is 17.3. The van der Waals surface area contributed by atoms with Crippen molar-refractivity contribution in [1.82, 2.24) is 30.7 Å². The Balaban J connectivity index is 1.69. The van der Waals surface area contributed by atoms with E-state index in [0.29, 0.717) is 11.1 Å². The first kappa shape index (κ1) is 21.9.